The summed E-state index contributed by atoms with van der Waals surface area (Å²) in [7, 11) is 0. The highest BCUT2D eigenvalue weighted by Gasteiger charge is 2.31. The Morgan fingerprint density at radius 1 is 1.33 bits per heavy atom. The fourth-order valence-electron chi connectivity index (χ4n) is 2.66. The quantitative estimate of drug-likeness (QED) is 0.894. The minimum atomic E-state index is -1.08. The molecule has 1 unspecified atom stereocenters. The Morgan fingerprint density at radius 2 is 2.12 bits per heavy atom. The summed E-state index contributed by atoms with van der Waals surface area (Å²) in [5.41, 5.74) is 2.74. The lowest BCUT2D eigenvalue weighted by Crippen LogP contribution is -2.48. The van der Waals surface area contributed by atoms with Crippen LogP contribution in [-0.2, 0) is 9.53 Å². The van der Waals surface area contributed by atoms with Crippen LogP contribution < -0.4 is 0 Å². The molecular formula is C16H18N4O4. The van der Waals surface area contributed by atoms with Crippen LogP contribution in [0.3, 0.4) is 0 Å². The van der Waals surface area contributed by atoms with Gasteiger partial charge in [0.15, 0.2) is 11.8 Å². The molecule has 1 amide bonds. The third kappa shape index (κ3) is 3.00. The standard InChI is InChI=1S/C16H18N4O4/c1-10-4-3-5-12(8-10)20-11(2)14(17-18-20)15(21)19-6-7-24-13(9-19)16(22)23/h3-5,8,13H,6-7,9H2,1-2H3,(H,22,23). The van der Waals surface area contributed by atoms with Crippen molar-refractivity contribution in [2.45, 2.75) is 20.0 Å². The summed E-state index contributed by atoms with van der Waals surface area (Å²) in [6, 6.07) is 7.72. The maximum atomic E-state index is 12.7. The number of carboxylic acids is 1. The average Bonchev–Trinajstić information content (AvgIpc) is 2.96. The maximum absolute atomic E-state index is 12.7. The predicted molar refractivity (Wildman–Crippen MR) is 84.1 cm³/mol. The topological polar surface area (TPSA) is 97.5 Å². The smallest absolute Gasteiger partial charge is 0.334 e. The minimum absolute atomic E-state index is 0.00487. The molecule has 2 heterocycles. The lowest BCUT2D eigenvalue weighted by Gasteiger charge is -2.30. The summed E-state index contributed by atoms with van der Waals surface area (Å²) in [5.74, 6) is -1.41. The highest BCUT2D eigenvalue weighted by atomic mass is 16.5. The molecule has 0 spiro atoms. The Labute approximate surface area is 138 Å². The van der Waals surface area contributed by atoms with E-state index >= 15 is 0 Å². The normalized spacial score (nSPS) is 17.8. The van der Waals surface area contributed by atoms with Crippen LogP contribution in [0, 0.1) is 13.8 Å². The molecule has 3 rings (SSSR count). The van der Waals surface area contributed by atoms with Gasteiger partial charge in [-0.25, -0.2) is 9.48 Å². The predicted octanol–water partition coefficient (Wildman–Crippen LogP) is 0.810. The van der Waals surface area contributed by atoms with Gasteiger partial charge in [0, 0.05) is 6.54 Å². The number of aromatic nitrogens is 3. The number of hydrogen-bond donors (Lipinski definition) is 1. The summed E-state index contributed by atoms with van der Waals surface area (Å²) >= 11 is 0. The van der Waals surface area contributed by atoms with Gasteiger partial charge in [-0.15, -0.1) is 5.10 Å². The van der Waals surface area contributed by atoms with E-state index in [9.17, 15) is 9.59 Å². The summed E-state index contributed by atoms with van der Waals surface area (Å²) in [6.07, 6.45) is -1.00. The van der Waals surface area contributed by atoms with Crippen LogP contribution >= 0.6 is 0 Å². The van der Waals surface area contributed by atoms with Crippen LogP contribution in [0.15, 0.2) is 24.3 Å². The van der Waals surface area contributed by atoms with Gasteiger partial charge in [-0.05, 0) is 31.5 Å². The zero-order chi connectivity index (χ0) is 17.3. The van der Waals surface area contributed by atoms with Crippen LogP contribution in [0.4, 0.5) is 0 Å². The van der Waals surface area contributed by atoms with Crippen molar-refractivity contribution in [2.75, 3.05) is 19.7 Å². The first kappa shape index (κ1) is 16.1. The van der Waals surface area contributed by atoms with Crippen molar-refractivity contribution >= 4 is 11.9 Å². The van der Waals surface area contributed by atoms with Crippen molar-refractivity contribution in [1.29, 1.82) is 0 Å². The molecule has 0 bridgehead atoms. The Bertz CT molecular complexity index is 786. The molecule has 1 aliphatic rings. The highest BCUT2D eigenvalue weighted by Crippen LogP contribution is 2.16. The number of amides is 1. The fourth-order valence-corrected chi connectivity index (χ4v) is 2.66. The second-order valence-electron chi connectivity index (χ2n) is 5.72. The molecule has 0 radical (unpaired) electrons. The molecule has 0 aliphatic carbocycles. The van der Waals surface area contributed by atoms with E-state index in [-0.39, 0.29) is 24.8 Å². The van der Waals surface area contributed by atoms with Crippen molar-refractivity contribution < 1.29 is 19.4 Å². The van der Waals surface area contributed by atoms with E-state index in [0.29, 0.717) is 12.2 Å². The Kier molecular flexibility index (Phi) is 4.30. The number of ether oxygens (including phenoxy) is 1. The number of morpholine rings is 1. The third-order valence-corrected chi connectivity index (χ3v) is 3.97. The van der Waals surface area contributed by atoms with Gasteiger partial charge >= 0.3 is 5.97 Å². The molecule has 8 nitrogen and oxygen atoms in total. The van der Waals surface area contributed by atoms with Gasteiger partial charge < -0.3 is 14.7 Å². The van der Waals surface area contributed by atoms with E-state index in [0.717, 1.165) is 11.3 Å². The molecule has 126 valence electrons. The molecule has 1 fully saturated rings. The van der Waals surface area contributed by atoms with E-state index in [2.05, 4.69) is 10.3 Å². The Morgan fingerprint density at radius 3 is 2.83 bits per heavy atom. The first-order valence-corrected chi connectivity index (χ1v) is 7.60. The molecule has 1 saturated heterocycles. The van der Waals surface area contributed by atoms with E-state index in [1.807, 2.05) is 31.2 Å². The van der Waals surface area contributed by atoms with Gasteiger partial charge in [0.05, 0.1) is 24.5 Å². The van der Waals surface area contributed by atoms with Gasteiger partial charge in [0.25, 0.3) is 5.91 Å². The van der Waals surface area contributed by atoms with Crippen LogP contribution in [0.1, 0.15) is 21.7 Å². The lowest BCUT2D eigenvalue weighted by atomic mass is 10.2. The highest BCUT2D eigenvalue weighted by molar-refractivity contribution is 5.93. The van der Waals surface area contributed by atoms with E-state index in [1.165, 1.54) is 4.90 Å². The van der Waals surface area contributed by atoms with Crippen molar-refractivity contribution in [3.63, 3.8) is 0 Å². The van der Waals surface area contributed by atoms with Gasteiger partial charge in [-0.2, -0.15) is 0 Å². The van der Waals surface area contributed by atoms with Crippen LogP contribution in [0.25, 0.3) is 5.69 Å². The van der Waals surface area contributed by atoms with Crippen molar-refractivity contribution in [1.82, 2.24) is 19.9 Å². The van der Waals surface area contributed by atoms with Gasteiger partial charge in [0.2, 0.25) is 0 Å². The SMILES string of the molecule is Cc1cccc(-n2nnc(C(=O)N3CCOC(C(=O)O)C3)c2C)c1. The first-order valence-electron chi connectivity index (χ1n) is 7.60. The molecule has 2 aromatic rings. The molecule has 1 aliphatic heterocycles. The molecule has 24 heavy (non-hydrogen) atoms. The molecule has 1 aromatic carbocycles. The molecular weight excluding hydrogens is 312 g/mol. The molecule has 1 N–H and O–H groups in total. The summed E-state index contributed by atoms with van der Waals surface area (Å²) in [6.45, 7) is 4.27. The molecule has 8 heteroatoms. The Balaban J connectivity index is 1.85. The third-order valence-electron chi connectivity index (χ3n) is 3.97. The van der Waals surface area contributed by atoms with E-state index in [1.54, 1.807) is 11.6 Å². The molecule has 0 saturated carbocycles. The fraction of sp³-hybridized carbons (Fsp3) is 0.375. The van der Waals surface area contributed by atoms with Gasteiger partial charge in [-0.3, -0.25) is 4.79 Å². The largest absolute Gasteiger partial charge is 0.479 e. The first-order chi connectivity index (χ1) is 11.5. The average molecular weight is 330 g/mol. The number of rotatable bonds is 3. The number of benzene rings is 1. The van der Waals surface area contributed by atoms with E-state index in [4.69, 9.17) is 9.84 Å². The second kappa shape index (κ2) is 6.40. The van der Waals surface area contributed by atoms with E-state index < -0.39 is 12.1 Å². The molecule has 1 aromatic heterocycles. The number of aliphatic carboxylic acids is 1. The zero-order valence-corrected chi connectivity index (χ0v) is 13.5. The van der Waals surface area contributed by atoms with Crippen molar-refractivity contribution in [2.24, 2.45) is 0 Å². The number of hydrogen-bond acceptors (Lipinski definition) is 5. The van der Waals surface area contributed by atoms with Crippen molar-refractivity contribution in [3.8, 4) is 5.69 Å². The maximum Gasteiger partial charge on any atom is 0.334 e. The minimum Gasteiger partial charge on any atom is -0.479 e. The number of carbonyl (C=O) groups excluding carboxylic acids is 1. The second-order valence-corrected chi connectivity index (χ2v) is 5.72. The number of carbonyl (C=O) groups is 2. The number of carboxylic acid groups (broad SMARTS) is 1. The van der Waals surface area contributed by atoms with Crippen LogP contribution in [0.2, 0.25) is 0 Å². The van der Waals surface area contributed by atoms with Crippen LogP contribution in [0.5, 0.6) is 0 Å². The Hall–Kier alpha value is -2.74. The van der Waals surface area contributed by atoms with Gasteiger partial charge in [-0.1, -0.05) is 17.3 Å². The van der Waals surface area contributed by atoms with Crippen LogP contribution in [-0.4, -0.2) is 62.7 Å². The zero-order valence-electron chi connectivity index (χ0n) is 13.5. The monoisotopic (exact) mass is 330 g/mol. The summed E-state index contributed by atoms with van der Waals surface area (Å²) in [4.78, 5) is 25.2. The lowest BCUT2D eigenvalue weighted by molar-refractivity contribution is -0.154. The molecule has 1 atom stereocenters. The number of aryl methyl sites for hydroxylation is 1. The summed E-state index contributed by atoms with van der Waals surface area (Å²) < 4.78 is 6.75. The van der Waals surface area contributed by atoms with Gasteiger partial charge in [0.1, 0.15) is 0 Å². The van der Waals surface area contributed by atoms with Crippen molar-refractivity contribution in [3.05, 3.63) is 41.2 Å². The number of nitrogens with zero attached hydrogens (tertiary/aromatic N) is 4. The summed E-state index contributed by atoms with van der Waals surface area (Å²) in [5, 5.41) is 17.1.